The van der Waals surface area contributed by atoms with E-state index in [2.05, 4.69) is 5.10 Å². The first-order chi connectivity index (χ1) is 8.46. The number of fused-ring (bicyclic) bond motifs is 1. The van der Waals surface area contributed by atoms with Gasteiger partial charge in [-0.05, 0) is 24.6 Å². The summed E-state index contributed by atoms with van der Waals surface area (Å²) in [5.41, 5.74) is 9.19. The molecule has 0 atom stereocenters. The molecule has 3 rings (SSSR count). The van der Waals surface area contributed by atoms with E-state index in [1.807, 2.05) is 31.2 Å². The van der Waals surface area contributed by atoms with Gasteiger partial charge in [0, 0.05) is 5.56 Å². The predicted octanol–water partition coefficient (Wildman–Crippen LogP) is 1.19. The number of benzene rings is 1. The zero-order valence-electron chi connectivity index (χ0n) is 9.92. The van der Waals surface area contributed by atoms with E-state index in [9.17, 15) is 8.42 Å². The van der Waals surface area contributed by atoms with Gasteiger partial charge >= 0.3 is 0 Å². The molecule has 1 aliphatic rings. The summed E-state index contributed by atoms with van der Waals surface area (Å²) in [5, 5.41) is 4.31. The fourth-order valence-electron chi connectivity index (χ4n) is 2.22. The summed E-state index contributed by atoms with van der Waals surface area (Å²) in [7, 11) is -3.05. The average molecular weight is 263 g/mol. The van der Waals surface area contributed by atoms with Gasteiger partial charge in [-0.1, -0.05) is 12.1 Å². The molecule has 1 aromatic heterocycles. The average Bonchev–Trinajstić information content (AvgIpc) is 2.73. The van der Waals surface area contributed by atoms with E-state index < -0.39 is 9.84 Å². The van der Waals surface area contributed by atoms with Crippen molar-refractivity contribution in [3.05, 3.63) is 41.1 Å². The van der Waals surface area contributed by atoms with Crippen LogP contribution in [-0.2, 0) is 21.3 Å². The Kier molecular flexibility index (Phi) is 2.25. The molecule has 2 N–H and O–H groups in total. The van der Waals surface area contributed by atoms with Gasteiger partial charge in [-0.3, -0.25) is 0 Å². The minimum Gasteiger partial charge on any atom is -0.383 e. The molecule has 2 aromatic rings. The van der Waals surface area contributed by atoms with Crippen molar-refractivity contribution in [2.45, 2.75) is 18.4 Å². The number of hydrogen-bond donors (Lipinski definition) is 1. The van der Waals surface area contributed by atoms with Crippen molar-refractivity contribution in [1.29, 1.82) is 0 Å². The number of nitrogens with zero attached hydrogens (tertiary/aromatic N) is 2. The normalized spacial score (nSPS) is 16.7. The van der Waals surface area contributed by atoms with Crippen LogP contribution >= 0.6 is 0 Å². The maximum atomic E-state index is 11.5. The molecule has 18 heavy (non-hydrogen) atoms. The minimum absolute atomic E-state index is 0.0000175. The fraction of sp³-hybridized carbons (Fsp3) is 0.250. The van der Waals surface area contributed by atoms with Crippen molar-refractivity contribution in [2.75, 3.05) is 5.73 Å². The van der Waals surface area contributed by atoms with Crippen molar-refractivity contribution in [3.8, 4) is 5.69 Å². The fourth-order valence-corrected chi connectivity index (χ4v) is 3.72. The molecule has 0 saturated heterocycles. The molecule has 1 aliphatic heterocycles. The number of sulfone groups is 1. The zero-order valence-corrected chi connectivity index (χ0v) is 10.7. The van der Waals surface area contributed by atoms with Gasteiger partial charge in [-0.15, -0.1) is 0 Å². The van der Waals surface area contributed by atoms with Gasteiger partial charge in [0.05, 0.1) is 22.9 Å². The third-order valence-electron chi connectivity index (χ3n) is 3.07. The number of hydrogen-bond acceptors (Lipinski definition) is 4. The SMILES string of the molecule is Cc1cccc(-n2nc3c(c2N)CS(=O)(=O)C3)c1. The highest BCUT2D eigenvalue weighted by Gasteiger charge is 2.31. The second kappa shape index (κ2) is 3.58. The van der Waals surface area contributed by atoms with E-state index in [4.69, 9.17) is 5.73 Å². The van der Waals surface area contributed by atoms with Crippen LogP contribution in [-0.4, -0.2) is 18.2 Å². The largest absolute Gasteiger partial charge is 0.383 e. The Morgan fingerprint density at radius 2 is 2.11 bits per heavy atom. The lowest BCUT2D eigenvalue weighted by Crippen LogP contribution is -2.06. The molecule has 0 bridgehead atoms. The molecular weight excluding hydrogens is 250 g/mol. The van der Waals surface area contributed by atoms with E-state index in [0.717, 1.165) is 11.3 Å². The van der Waals surface area contributed by atoms with Gasteiger partial charge < -0.3 is 5.73 Å². The van der Waals surface area contributed by atoms with Gasteiger partial charge in [0.25, 0.3) is 0 Å². The molecule has 0 radical (unpaired) electrons. The molecule has 0 aliphatic carbocycles. The lowest BCUT2D eigenvalue weighted by Gasteiger charge is -2.06. The lowest BCUT2D eigenvalue weighted by atomic mass is 10.2. The molecule has 94 valence electrons. The van der Waals surface area contributed by atoms with Crippen LogP contribution in [0.2, 0.25) is 0 Å². The highest BCUT2D eigenvalue weighted by molar-refractivity contribution is 7.90. The quantitative estimate of drug-likeness (QED) is 0.838. The van der Waals surface area contributed by atoms with Crippen LogP contribution in [0.4, 0.5) is 5.82 Å². The second-order valence-corrected chi connectivity index (χ2v) is 6.66. The number of nitrogens with two attached hydrogens (primary N) is 1. The number of rotatable bonds is 1. The van der Waals surface area contributed by atoms with E-state index in [0.29, 0.717) is 17.1 Å². The summed E-state index contributed by atoms with van der Waals surface area (Å²) >= 11 is 0. The van der Waals surface area contributed by atoms with Crippen LogP contribution < -0.4 is 5.73 Å². The molecule has 0 fully saturated rings. The summed E-state index contributed by atoms with van der Waals surface area (Å²) in [6.07, 6.45) is 0. The van der Waals surface area contributed by atoms with Crippen molar-refractivity contribution < 1.29 is 8.42 Å². The Morgan fingerprint density at radius 1 is 1.33 bits per heavy atom. The van der Waals surface area contributed by atoms with E-state index in [1.54, 1.807) is 4.68 Å². The summed E-state index contributed by atoms with van der Waals surface area (Å²) in [5.74, 6) is 0.419. The lowest BCUT2D eigenvalue weighted by molar-refractivity contribution is 0.597. The van der Waals surface area contributed by atoms with Crippen molar-refractivity contribution >= 4 is 15.7 Å². The second-order valence-electron chi connectivity index (χ2n) is 4.59. The van der Waals surface area contributed by atoms with E-state index in [1.165, 1.54) is 0 Å². The first-order valence-corrected chi connectivity index (χ1v) is 7.42. The Labute approximate surface area is 105 Å². The van der Waals surface area contributed by atoms with Gasteiger partial charge in [0.2, 0.25) is 0 Å². The van der Waals surface area contributed by atoms with Gasteiger partial charge in [0.15, 0.2) is 9.84 Å². The molecule has 0 unspecified atom stereocenters. The van der Waals surface area contributed by atoms with E-state index in [-0.39, 0.29) is 11.5 Å². The predicted molar refractivity (Wildman–Crippen MR) is 69.0 cm³/mol. The summed E-state index contributed by atoms with van der Waals surface area (Å²) in [6.45, 7) is 1.99. The molecular formula is C12H13N3O2S. The van der Waals surface area contributed by atoms with Crippen LogP contribution in [0, 0.1) is 6.92 Å². The van der Waals surface area contributed by atoms with E-state index >= 15 is 0 Å². The zero-order chi connectivity index (χ0) is 12.9. The Balaban J connectivity index is 2.13. The van der Waals surface area contributed by atoms with Gasteiger partial charge in [0.1, 0.15) is 5.82 Å². The third-order valence-corrected chi connectivity index (χ3v) is 4.52. The molecule has 2 heterocycles. The first kappa shape index (κ1) is 11.3. The van der Waals surface area contributed by atoms with Crippen molar-refractivity contribution in [2.24, 2.45) is 0 Å². The summed E-state index contributed by atoms with van der Waals surface area (Å²) < 4.78 is 24.6. The topological polar surface area (TPSA) is 78.0 Å². The summed E-state index contributed by atoms with van der Waals surface area (Å²) in [6, 6.07) is 7.78. The molecule has 0 spiro atoms. The molecule has 5 nitrogen and oxygen atoms in total. The number of anilines is 1. The highest BCUT2D eigenvalue weighted by atomic mass is 32.2. The van der Waals surface area contributed by atoms with Gasteiger partial charge in [-0.2, -0.15) is 5.10 Å². The van der Waals surface area contributed by atoms with Crippen LogP contribution in [0.25, 0.3) is 5.69 Å². The third kappa shape index (κ3) is 1.69. The first-order valence-electron chi connectivity index (χ1n) is 5.60. The molecule has 0 saturated carbocycles. The molecule has 1 aromatic carbocycles. The number of nitrogen functional groups attached to an aromatic ring is 1. The van der Waals surface area contributed by atoms with Crippen LogP contribution in [0.3, 0.4) is 0 Å². The van der Waals surface area contributed by atoms with Crippen LogP contribution in [0.1, 0.15) is 16.8 Å². The van der Waals surface area contributed by atoms with Crippen molar-refractivity contribution in [1.82, 2.24) is 9.78 Å². The summed E-state index contributed by atoms with van der Waals surface area (Å²) in [4.78, 5) is 0. The maximum Gasteiger partial charge on any atom is 0.160 e. The maximum absolute atomic E-state index is 11.5. The Bertz CT molecular complexity index is 732. The highest BCUT2D eigenvalue weighted by Crippen LogP contribution is 2.30. The molecule has 6 heteroatoms. The number of aryl methyl sites for hydroxylation is 1. The Morgan fingerprint density at radius 3 is 2.78 bits per heavy atom. The monoisotopic (exact) mass is 263 g/mol. The van der Waals surface area contributed by atoms with Gasteiger partial charge in [-0.25, -0.2) is 13.1 Å². The smallest absolute Gasteiger partial charge is 0.160 e. The van der Waals surface area contributed by atoms with Crippen LogP contribution in [0.5, 0.6) is 0 Å². The van der Waals surface area contributed by atoms with Crippen LogP contribution in [0.15, 0.2) is 24.3 Å². The van der Waals surface area contributed by atoms with Crippen molar-refractivity contribution in [3.63, 3.8) is 0 Å². The Hall–Kier alpha value is -1.82. The molecule has 0 amide bonds. The minimum atomic E-state index is -3.05. The standard InChI is InChI=1S/C12H13N3O2S/c1-8-3-2-4-9(5-8)15-12(13)10-6-18(16,17)7-11(10)14-15/h2-5H,6-7,13H2,1H3. The number of aromatic nitrogens is 2.